The van der Waals surface area contributed by atoms with Gasteiger partial charge < -0.3 is 49.3 Å². The number of hydrogen-bond acceptors (Lipinski definition) is 10. The lowest BCUT2D eigenvalue weighted by Crippen LogP contribution is -2.54. The molecule has 4 amide bonds. The van der Waals surface area contributed by atoms with E-state index in [9.17, 15) is 19.2 Å². The highest BCUT2D eigenvalue weighted by molar-refractivity contribution is 5.87. The van der Waals surface area contributed by atoms with Crippen LogP contribution in [0.15, 0.2) is 60.9 Å². The molecule has 4 aromatic rings. The average Bonchev–Trinajstić information content (AvgIpc) is 4.13. The van der Waals surface area contributed by atoms with Crippen LogP contribution in [0.3, 0.4) is 0 Å². The van der Waals surface area contributed by atoms with Crippen molar-refractivity contribution in [2.75, 3.05) is 41.5 Å². The number of alkyl carbamates (subject to hydrolysis) is 2. The first-order chi connectivity index (χ1) is 29.1. The third kappa shape index (κ3) is 9.80. The molecule has 16 heteroatoms. The Bertz CT molecular complexity index is 2290. The number of aromatic amines is 2. The number of imidazole rings is 2. The van der Waals surface area contributed by atoms with Gasteiger partial charge in [0, 0.05) is 38.4 Å². The van der Waals surface area contributed by atoms with E-state index < -0.39 is 36.5 Å². The van der Waals surface area contributed by atoms with Crippen molar-refractivity contribution in [1.29, 1.82) is 0 Å². The van der Waals surface area contributed by atoms with Crippen molar-refractivity contribution in [2.24, 2.45) is 0 Å². The molecule has 2 aromatic carbocycles. The minimum atomic E-state index is -0.928. The Balaban J connectivity index is 1.19. The molecule has 2 aliphatic heterocycles. The van der Waals surface area contributed by atoms with Crippen LogP contribution in [-0.4, -0.2) is 120 Å². The van der Waals surface area contributed by atoms with Crippen molar-refractivity contribution in [1.82, 2.24) is 40.4 Å². The summed E-state index contributed by atoms with van der Waals surface area (Å²) in [6.45, 7) is 4.45. The van der Waals surface area contributed by atoms with E-state index in [-0.39, 0.29) is 23.9 Å². The fourth-order valence-electron chi connectivity index (χ4n) is 7.49. The number of ether oxygens (including phenoxy) is 4. The van der Waals surface area contributed by atoms with Crippen LogP contribution < -0.4 is 10.6 Å². The van der Waals surface area contributed by atoms with Gasteiger partial charge in [-0.25, -0.2) is 19.6 Å². The number of nitrogens with zero attached hydrogens (tertiary/aromatic N) is 4. The summed E-state index contributed by atoms with van der Waals surface area (Å²) in [5.74, 6) is 12.9. The number of likely N-dealkylation sites (tertiary alicyclic amines) is 2. The lowest BCUT2D eigenvalue weighted by atomic mass is 9.96. The van der Waals surface area contributed by atoms with Crippen LogP contribution in [0.2, 0.25) is 0 Å². The monoisotopic (exact) mass is 818 g/mol. The number of benzene rings is 2. The van der Waals surface area contributed by atoms with E-state index in [2.05, 4.69) is 49.3 Å². The SMILES string of the molecule is COC(=O)N[C@H](C(=O)N1CCC[C@H]1c1ncc(C#CC#Cc2ccc(-c3cnc([C@@H]4CCCN4C(=O)[C@@H](NC(=O)OC)[C@@H](C)OC)[nH]3)cc2-c2ccccc2)[nH]1)[C@@H](C)OC. The van der Waals surface area contributed by atoms with Crippen LogP contribution in [0.25, 0.3) is 22.4 Å². The molecule has 0 bridgehead atoms. The van der Waals surface area contributed by atoms with Gasteiger partial charge in [0.1, 0.15) is 29.4 Å². The van der Waals surface area contributed by atoms with E-state index >= 15 is 0 Å². The summed E-state index contributed by atoms with van der Waals surface area (Å²) in [6, 6.07) is 13.4. The van der Waals surface area contributed by atoms with Gasteiger partial charge in [-0.1, -0.05) is 42.3 Å². The quantitative estimate of drug-likeness (QED) is 0.146. The largest absolute Gasteiger partial charge is 0.453 e. The summed E-state index contributed by atoms with van der Waals surface area (Å²) in [5, 5.41) is 5.22. The van der Waals surface area contributed by atoms with Crippen LogP contribution in [0.1, 0.15) is 74.5 Å². The molecule has 60 heavy (non-hydrogen) atoms. The second-order valence-corrected chi connectivity index (χ2v) is 14.5. The molecule has 2 fully saturated rings. The first kappa shape index (κ1) is 43.0. The van der Waals surface area contributed by atoms with Gasteiger partial charge >= 0.3 is 12.2 Å². The molecule has 314 valence electrons. The van der Waals surface area contributed by atoms with Gasteiger partial charge in [0.25, 0.3) is 0 Å². The van der Waals surface area contributed by atoms with Gasteiger partial charge in [0.05, 0.1) is 56.6 Å². The summed E-state index contributed by atoms with van der Waals surface area (Å²) in [4.78, 5) is 70.8. The maximum Gasteiger partial charge on any atom is 0.407 e. The molecular formula is C44H50N8O8. The summed E-state index contributed by atoms with van der Waals surface area (Å²) in [5.41, 5.74) is 4.85. The standard InChI is InChI=1S/C44H50N8O8/c1-27(57-3)37(49-43(55)59-5)41(53)51-22-12-18-35(51)39-45-25-32(47-39)17-11-10-16-30-20-21-31(24-33(30)29-14-8-7-9-15-29)34-26-46-40(48-34)36-19-13-23-52(36)42(54)38(28(2)58-4)50-44(56)60-6/h7-9,14-15,20-21,24-28,35-38H,12-13,18-19,22-23H2,1-6H3,(H,45,47)(H,46,48)(H,49,55)(H,50,56)/t27-,28-,35+,36+,37+,38+/m1/s1. The fraction of sp³-hybridized carbons (Fsp3) is 0.409. The Morgan fingerprint density at radius 2 is 1.27 bits per heavy atom. The van der Waals surface area contributed by atoms with Crippen molar-refractivity contribution in [3.05, 3.63) is 83.8 Å². The van der Waals surface area contributed by atoms with Gasteiger partial charge in [0.2, 0.25) is 11.8 Å². The van der Waals surface area contributed by atoms with E-state index in [0.29, 0.717) is 43.3 Å². The number of aromatic nitrogens is 4. The molecule has 2 aromatic heterocycles. The highest BCUT2D eigenvalue weighted by Crippen LogP contribution is 2.35. The zero-order valence-electron chi connectivity index (χ0n) is 34.5. The van der Waals surface area contributed by atoms with Crippen LogP contribution in [-0.2, 0) is 28.5 Å². The van der Waals surface area contributed by atoms with Gasteiger partial charge in [0.15, 0.2) is 0 Å². The number of methoxy groups -OCH3 is 4. The van der Waals surface area contributed by atoms with E-state index in [4.69, 9.17) is 23.9 Å². The normalized spacial score (nSPS) is 17.9. The molecule has 2 saturated heterocycles. The van der Waals surface area contributed by atoms with E-state index in [0.717, 1.165) is 40.8 Å². The predicted molar refractivity (Wildman–Crippen MR) is 221 cm³/mol. The molecule has 6 atom stereocenters. The number of amides is 4. The molecule has 4 heterocycles. The molecule has 0 unspecified atom stereocenters. The molecule has 0 aliphatic carbocycles. The van der Waals surface area contributed by atoms with Crippen LogP contribution in [0, 0.1) is 23.7 Å². The lowest BCUT2D eigenvalue weighted by molar-refractivity contribution is -0.138. The second-order valence-electron chi connectivity index (χ2n) is 14.5. The minimum absolute atomic E-state index is 0.273. The lowest BCUT2D eigenvalue weighted by Gasteiger charge is -2.30. The number of H-pyrrole nitrogens is 2. The van der Waals surface area contributed by atoms with Crippen molar-refractivity contribution >= 4 is 24.0 Å². The van der Waals surface area contributed by atoms with Gasteiger partial charge in [-0.2, -0.15) is 0 Å². The zero-order valence-corrected chi connectivity index (χ0v) is 34.5. The maximum atomic E-state index is 13.7. The molecule has 2 aliphatic rings. The van der Waals surface area contributed by atoms with Crippen molar-refractivity contribution in [3.8, 4) is 46.1 Å². The van der Waals surface area contributed by atoms with Crippen molar-refractivity contribution in [3.63, 3.8) is 0 Å². The summed E-state index contributed by atoms with van der Waals surface area (Å²) < 4.78 is 20.3. The van der Waals surface area contributed by atoms with Gasteiger partial charge in [-0.15, -0.1) is 0 Å². The van der Waals surface area contributed by atoms with E-state index in [1.54, 1.807) is 36.0 Å². The molecule has 6 rings (SSSR count). The molecule has 16 nitrogen and oxygen atoms in total. The van der Waals surface area contributed by atoms with Gasteiger partial charge in [-0.3, -0.25) is 9.59 Å². The third-order valence-corrected chi connectivity index (χ3v) is 10.9. The predicted octanol–water partition coefficient (Wildman–Crippen LogP) is 4.72. The molecule has 0 spiro atoms. The number of rotatable bonds is 12. The Morgan fingerprint density at radius 3 is 1.83 bits per heavy atom. The molecule has 0 saturated carbocycles. The number of carbonyl (C=O) groups is 4. The summed E-state index contributed by atoms with van der Waals surface area (Å²) in [7, 11) is 5.46. The topological polar surface area (TPSA) is 193 Å². The smallest absolute Gasteiger partial charge is 0.407 e. The number of carbonyl (C=O) groups excluding carboxylic acids is 4. The third-order valence-electron chi connectivity index (χ3n) is 10.9. The Kier molecular flexibility index (Phi) is 14.2. The zero-order chi connectivity index (χ0) is 42.8. The Hall–Kier alpha value is -6.62. The summed E-state index contributed by atoms with van der Waals surface area (Å²) >= 11 is 0. The Morgan fingerprint density at radius 1 is 0.717 bits per heavy atom. The van der Waals surface area contributed by atoms with Crippen LogP contribution in [0.4, 0.5) is 9.59 Å². The highest BCUT2D eigenvalue weighted by Gasteiger charge is 2.40. The maximum absolute atomic E-state index is 13.7. The first-order valence-corrected chi connectivity index (χ1v) is 19.7. The van der Waals surface area contributed by atoms with Crippen LogP contribution in [0.5, 0.6) is 0 Å². The average molecular weight is 819 g/mol. The summed E-state index contributed by atoms with van der Waals surface area (Å²) in [6.07, 6.45) is 3.74. The molecular weight excluding hydrogens is 769 g/mol. The number of hydrogen-bond donors (Lipinski definition) is 4. The van der Waals surface area contributed by atoms with Crippen LogP contribution >= 0.6 is 0 Å². The molecule has 4 N–H and O–H groups in total. The van der Waals surface area contributed by atoms with E-state index in [1.807, 2.05) is 48.5 Å². The molecule has 0 radical (unpaired) electrons. The fourth-order valence-corrected chi connectivity index (χ4v) is 7.49. The minimum Gasteiger partial charge on any atom is -0.453 e. The van der Waals surface area contributed by atoms with Crippen molar-refractivity contribution < 1.29 is 38.1 Å². The first-order valence-electron chi connectivity index (χ1n) is 19.7. The Labute approximate surface area is 349 Å². The van der Waals surface area contributed by atoms with E-state index in [1.165, 1.54) is 28.4 Å². The van der Waals surface area contributed by atoms with Gasteiger partial charge in [-0.05, 0) is 80.6 Å². The second kappa shape index (κ2) is 19.9. The van der Waals surface area contributed by atoms with Crippen molar-refractivity contribution in [2.45, 2.75) is 75.9 Å². The highest BCUT2D eigenvalue weighted by atomic mass is 16.5. The number of nitrogens with one attached hydrogen (secondary N) is 4.